The van der Waals surface area contributed by atoms with E-state index in [9.17, 15) is 9.18 Å². The molecule has 1 amide bonds. The van der Waals surface area contributed by atoms with E-state index in [2.05, 4.69) is 10.3 Å². The Kier molecular flexibility index (Phi) is 3.97. The predicted molar refractivity (Wildman–Crippen MR) is 73.7 cm³/mol. The van der Waals surface area contributed by atoms with Gasteiger partial charge in [-0.15, -0.1) is 0 Å². The summed E-state index contributed by atoms with van der Waals surface area (Å²) in [6, 6.07) is 1.44. The second kappa shape index (κ2) is 5.38. The zero-order valence-electron chi connectivity index (χ0n) is 12.2. The third-order valence-electron chi connectivity index (χ3n) is 3.45. The van der Waals surface area contributed by atoms with Crippen molar-refractivity contribution in [1.29, 1.82) is 0 Å². The molecular formula is C15H21FN2O2. The summed E-state index contributed by atoms with van der Waals surface area (Å²) >= 11 is 0. The molecule has 0 saturated heterocycles. The summed E-state index contributed by atoms with van der Waals surface area (Å²) in [5, 5.41) is 2.92. The van der Waals surface area contributed by atoms with Crippen molar-refractivity contribution in [3.05, 3.63) is 29.8 Å². The molecule has 0 atom stereocenters. The molecule has 0 spiro atoms. The second-order valence-corrected chi connectivity index (χ2v) is 6.31. The number of ether oxygens (including phenoxy) is 1. The van der Waals surface area contributed by atoms with Gasteiger partial charge in [-0.2, -0.15) is 0 Å². The predicted octanol–water partition coefficient (Wildman–Crippen LogP) is 3.51. The van der Waals surface area contributed by atoms with Crippen molar-refractivity contribution in [2.75, 3.05) is 0 Å². The maximum absolute atomic E-state index is 13.4. The Morgan fingerprint density at radius 2 is 2.00 bits per heavy atom. The number of pyridine rings is 1. The largest absolute Gasteiger partial charge is 0.444 e. The summed E-state index contributed by atoms with van der Waals surface area (Å²) in [5.41, 5.74) is -0.400. The molecule has 1 aromatic heterocycles. The maximum atomic E-state index is 13.4. The molecule has 20 heavy (non-hydrogen) atoms. The Balaban J connectivity index is 2.20. The molecule has 5 heteroatoms. The quantitative estimate of drug-likeness (QED) is 0.901. The molecule has 0 bridgehead atoms. The first-order chi connectivity index (χ1) is 9.31. The fourth-order valence-corrected chi connectivity index (χ4v) is 2.64. The lowest BCUT2D eigenvalue weighted by Crippen LogP contribution is -2.46. The first-order valence-electron chi connectivity index (χ1n) is 6.93. The van der Waals surface area contributed by atoms with Crippen molar-refractivity contribution in [3.63, 3.8) is 0 Å². The van der Waals surface area contributed by atoms with Gasteiger partial charge in [0, 0.05) is 6.20 Å². The van der Waals surface area contributed by atoms with Crippen molar-refractivity contribution >= 4 is 6.09 Å². The molecule has 110 valence electrons. The third kappa shape index (κ3) is 3.46. The Hall–Kier alpha value is -1.65. The van der Waals surface area contributed by atoms with Gasteiger partial charge in [-0.1, -0.05) is 12.8 Å². The van der Waals surface area contributed by atoms with E-state index in [0.29, 0.717) is 5.56 Å². The maximum Gasteiger partial charge on any atom is 0.408 e. The van der Waals surface area contributed by atoms with E-state index < -0.39 is 17.2 Å². The van der Waals surface area contributed by atoms with Gasteiger partial charge >= 0.3 is 6.09 Å². The van der Waals surface area contributed by atoms with Gasteiger partial charge in [0.2, 0.25) is 0 Å². The molecule has 0 aromatic carbocycles. The molecule has 1 heterocycles. The lowest BCUT2D eigenvalue weighted by Gasteiger charge is -2.32. The normalized spacial score (nSPS) is 17.8. The molecular weight excluding hydrogens is 259 g/mol. The highest BCUT2D eigenvalue weighted by atomic mass is 19.1. The number of carbonyl (C=O) groups is 1. The van der Waals surface area contributed by atoms with Crippen LogP contribution in [0.1, 0.15) is 52.0 Å². The number of halogens is 1. The van der Waals surface area contributed by atoms with Crippen LogP contribution in [0.2, 0.25) is 0 Å². The average molecular weight is 280 g/mol. The lowest BCUT2D eigenvalue weighted by atomic mass is 9.89. The number of alkyl carbamates (subject to hydrolysis) is 1. The van der Waals surface area contributed by atoms with E-state index in [-0.39, 0.29) is 5.82 Å². The van der Waals surface area contributed by atoms with E-state index in [1.54, 1.807) is 6.20 Å². The highest BCUT2D eigenvalue weighted by Gasteiger charge is 2.38. The Morgan fingerprint density at radius 1 is 1.35 bits per heavy atom. The third-order valence-corrected chi connectivity index (χ3v) is 3.45. The average Bonchev–Trinajstić information content (AvgIpc) is 2.76. The summed E-state index contributed by atoms with van der Waals surface area (Å²) in [5.74, 6) is -0.389. The second-order valence-electron chi connectivity index (χ2n) is 6.31. The SMILES string of the molecule is CC(C)(C)OC(=O)NC1(c2cncc(F)c2)CCCC1. The Bertz CT molecular complexity index is 491. The van der Waals surface area contributed by atoms with Gasteiger partial charge < -0.3 is 10.1 Å². The molecule has 0 aliphatic heterocycles. The van der Waals surface area contributed by atoms with E-state index in [4.69, 9.17) is 4.74 Å². The van der Waals surface area contributed by atoms with Crippen LogP contribution < -0.4 is 5.32 Å². The fraction of sp³-hybridized carbons (Fsp3) is 0.600. The standard InChI is InChI=1S/C15H21FN2O2/c1-14(2,3)20-13(19)18-15(6-4-5-7-15)11-8-12(16)10-17-9-11/h8-10H,4-7H2,1-3H3,(H,18,19). The van der Waals surface area contributed by atoms with E-state index in [0.717, 1.165) is 25.7 Å². The summed E-state index contributed by atoms with van der Waals surface area (Å²) in [6.07, 6.45) is 5.85. The van der Waals surface area contributed by atoms with Crippen LogP contribution in [0.3, 0.4) is 0 Å². The van der Waals surface area contributed by atoms with Crippen LogP contribution in [0.5, 0.6) is 0 Å². The van der Waals surface area contributed by atoms with Gasteiger partial charge in [0.05, 0.1) is 11.7 Å². The molecule has 0 unspecified atom stereocenters. The number of amides is 1. The summed E-state index contributed by atoms with van der Waals surface area (Å²) in [6.45, 7) is 5.45. The van der Waals surface area contributed by atoms with E-state index in [1.807, 2.05) is 20.8 Å². The Morgan fingerprint density at radius 3 is 2.55 bits per heavy atom. The number of carbonyl (C=O) groups excluding carboxylic acids is 1. The number of nitrogens with zero attached hydrogens (tertiary/aromatic N) is 1. The van der Waals surface area contributed by atoms with Crippen molar-refractivity contribution in [3.8, 4) is 0 Å². The molecule has 1 aliphatic rings. The molecule has 1 N–H and O–H groups in total. The molecule has 0 radical (unpaired) electrons. The van der Waals surface area contributed by atoms with Crippen molar-refractivity contribution in [2.24, 2.45) is 0 Å². The molecule has 1 aromatic rings. The molecule has 1 fully saturated rings. The van der Waals surface area contributed by atoms with Gasteiger partial charge in [0.1, 0.15) is 11.4 Å². The van der Waals surface area contributed by atoms with Crippen molar-refractivity contribution in [2.45, 2.75) is 57.6 Å². The van der Waals surface area contributed by atoms with E-state index >= 15 is 0 Å². The molecule has 1 aliphatic carbocycles. The van der Waals surface area contributed by atoms with Gasteiger partial charge in [-0.25, -0.2) is 9.18 Å². The molecule has 1 saturated carbocycles. The highest BCUT2D eigenvalue weighted by molar-refractivity contribution is 5.69. The number of rotatable bonds is 2. The van der Waals surface area contributed by atoms with Crippen LogP contribution in [-0.4, -0.2) is 16.7 Å². The minimum Gasteiger partial charge on any atom is -0.444 e. The number of hydrogen-bond acceptors (Lipinski definition) is 3. The van der Waals surface area contributed by atoms with E-state index in [1.165, 1.54) is 12.3 Å². The highest BCUT2D eigenvalue weighted by Crippen LogP contribution is 2.38. The lowest BCUT2D eigenvalue weighted by molar-refractivity contribution is 0.0453. The molecule has 2 rings (SSSR count). The number of nitrogens with one attached hydrogen (secondary N) is 1. The van der Waals surface area contributed by atoms with Crippen LogP contribution in [0, 0.1) is 5.82 Å². The first-order valence-corrected chi connectivity index (χ1v) is 6.93. The van der Waals surface area contributed by atoms with Gasteiger partial charge in [0.15, 0.2) is 0 Å². The molecule has 4 nitrogen and oxygen atoms in total. The van der Waals surface area contributed by atoms with Crippen LogP contribution in [0.4, 0.5) is 9.18 Å². The van der Waals surface area contributed by atoms with Crippen LogP contribution >= 0.6 is 0 Å². The number of aromatic nitrogens is 1. The summed E-state index contributed by atoms with van der Waals surface area (Å²) in [7, 11) is 0. The fourth-order valence-electron chi connectivity index (χ4n) is 2.64. The topological polar surface area (TPSA) is 51.2 Å². The van der Waals surface area contributed by atoms with Gasteiger partial charge in [-0.05, 0) is 45.2 Å². The number of hydrogen-bond donors (Lipinski definition) is 1. The van der Waals surface area contributed by atoms with Crippen LogP contribution in [-0.2, 0) is 10.3 Å². The van der Waals surface area contributed by atoms with Gasteiger partial charge in [-0.3, -0.25) is 4.98 Å². The van der Waals surface area contributed by atoms with Crippen molar-refractivity contribution in [1.82, 2.24) is 10.3 Å². The van der Waals surface area contributed by atoms with Crippen LogP contribution in [0.25, 0.3) is 0 Å². The van der Waals surface area contributed by atoms with Gasteiger partial charge in [0.25, 0.3) is 0 Å². The zero-order chi connectivity index (χ0) is 14.8. The Labute approximate surface area is 118 Å². The van der Waals surface area contributed by atoms with Crippen molar-refractivity contribution < 1.29 is 13.9 Å². The zero-order valence-corrected chi connectivity index (χ0v) is 12.2. The van der Waals surface area contributed by atoms with Crippen LogP contribution in [0.15, 0.2) is 18.5 Å². The minimum atomic E-state index is -0.558. The first kappa shape index (κ1) is 14.8. The summed E-state index contributed by atoms with van der Waals surface area (Å²) in [4.78, 5) is 15.9. The smallest absolute Gasteiger partial charge is 0.408 e. The minimum absolute atomic E-state index is 0.389. The summed E-state index contributed by atoms with van der Waals surface area (Å²) < 4.78 is 18.7. The monoisotopic (exact) mass is 280 g/mol.